The molecule has 0 spiro atoms. The molecule has 0 aromatic heterocycles. The van der Waals surface area contributed by atoms with Gasteiger partial charge in [-0.2, -0.15) is 8.42 Å². The number of aliphatic carboxylic acids is 2. The summed E-state index contributed by atoms with van der Waals surface area (Å²) in [7, 11) is -5.03. The maximum absolute atomic E-state index is 10.9. The molecule has 0 fully saturated rings. The molecule has 0 aliphatic rings. The molecule has 0 radical (unpaired) electrons. The summed E-state index contributed by atoms with van der Waals surface area (Å²) < 4.78 is 27.8. The van der Waals surface area contributed by atoms with Crippen molar-refractivity contribution in [1.29, 1.82) is 0 Å². The Morgan fingerprint density at radius 3 is 1.94 bits per heavy atom. The molecule has 0 saturated carbocycles. The number of hydrogen-bond acceptors (Lipinski definition) is 4. The van der Waals surface area contributed by atoms with Gasteiger partial charge in [0.1, 0.15) is 0 Å². The van der Waals surface area contributed by atoms with Gasteiger partial charge in [-0.15, -0.1) is 6.58 Å². The molecule has 9 heteroatoms. The van der Waals surface area contributed by atoms with Gasteiger partial charge in [-0.1, -0.05) is 6.08 Å². The summed E-state index contributed by atoms with van der Waals surface area (Å²) in [4.78, 5) is 21.1. The normalized spacial score (nSPS) is 14.3. The molecule has 0 aliphatic carbocycles. The molecular weight excluding hydrogens is 267 g/mol. The molecule has 16 heavy (non-hydrogen) atoms. The van der Waals surface area contributed by atoms with Gasteiger partial charge in [0.05, 0.1) is 6.42 Å². The summed E-state index contributed by atoms with van der Waals surface area (Å²) in [5.74, 6) is -3.57. The van der Waals surface area contributed by atoms with Crippen LogP contribution in [0, 0.1) is 0 Å². The number of carboxylic acids is 2. The third-order valence-electron chi connectivity index (χ3n) is 1.79. The van der Waals surface area contributed by atoms with Crippen LogP contribution in [0.4, 0.5) is 0 Å². The molecule has 0 aromatic carbocycles. The van der Waals surface area contributed by atoms with Crippen molar-refractivity contribution >= 4 is 73.4 Å². The van der Waals surface area contributed by atoms with Crippen LogP contribution < -0.4 is 0 Å². The van der Waals surface area contributed by atoms with Crippen molar-refractivity contribution in [2.24, 2.45) is 0 Å². The van der Waals surface area contributed by atoms with Crippen molar-refractivity contribution < 1.29 is 32.8 Å². The van der Waals surface area contributed by atoms with E-state index < -0.39 is 39.6 Å². The van der Waals surface area contributed by atoms with E-state index in [0.29, 0.717) is 0 Å². The molecule has 0 aromatic rings. The minimum absolute atomic E-state index is 0. The van der Waals surface area contributed by atoms with Crippen LogP contribution in [0.3, 0.4) is 0 Å². The molecule has 88 valence electrons. The zero-order valence-corrected chi connectivity index (χ0v) is 8.40. The monoisotopic (exact) mass is 278 g/mol. The first-order valence-corrected chi connectivity index (χ1v) is 5.14. The SMILES string of the molecule is C=CCC(CC(=O)O)(C(=O)O)S(=O)(=O)O.[KH]. The van der Waals surface area contributed by atoms with Crippen LogP contribution in [0.15, 0.2) is 12.7 Å². The third kappa shape index (κ3) is 4.24. The van der Waals surface area contributed by atoms with Crippen LogP contribution in [0.2, 0.25) is 0 Å². The van der Waals surface area contributed by atoms with Crippen molar-refractivity contribution in [3.8, 4) is 0 Å². The fourth-order valence-electron chi connectivity index (χ4n) is 1.02. The summed E-state index contributed by atoms with van der Waals surface area (Å²) in [5.41, 5.74) is 0. The third-order valence-corrected chi connectivity index (χ3v) is 3.27. The van der Waals surface area contributed by atoms with Gasteiger partial charge in [0.25, 0.3) is 10.1 Å². The Morgan fingerprint density at radius 1 is 1.31 bits per heavy atom. The molecular formula is C7H11KO7S. The van der Waals surface area contributed by atoms with E-state index in [-0.39, 0.29) is 51.4 Å². The standard InChI is InChI=1S/C7H10O7S.K.H/c1-2-3-7(6(10)11,4-5(8)9)15(12,13)14;;/h2H,1,3-4H2,(H,8,9)(H,10,11)(H,12,13,14);;. The Labute approximate surface area is 135 Å². The Hall–Kier alpha value is 0.226. The van der Waals surface area contributed by atoms with E-state index in [1.807, 2.05) is 0 Å². The Bertz CT molecular complexity index is 388. The van der Waals surface area contributed by atoms with Gasteiger partial charge in [0.15, 0.2) is 0 Å². The molecule has 0 saturated heterocycles. The van der Waals surface area contributed by atoms with Crippen molar-refractivity contribution in [3.63, 3.8) is 0 Å². The average Bonchev–Trinajstić information content (AvgIpc) is 1.99. The molecule has 1 unspecified atom stereocenters. The summed E-state index contributed by atoms with van der Waals surface area (Å²) in [6.07, 6.45) is -0.995. The molecule has 7 nitrogen and oxygen atoms in total. The van der Waals surface area contributed by atoms with Crippen LogP contribution in [0.1, 0.15) is 12.8 Å². The van der Waals surface area contributed by atoms with Crippen molar-refractivity contribution in [1.82, 2.24) is 0 Å². The van der Waals surface area contributed by atoms with Crippen LogP contribution in [0.5, 0.6) is 0 Å². The van der Waals surface area contributed by atoms with Crippen molar-refractivity contribution in [2.45, 2.75) is 17.6 Å². The second-order valence-electron chi connectivity index (χ2n) is 2.84. The number of carboxylic acid groups (broad SMARTS) is 2. The second kappa shape index (κ2) is 6.84. The van der Waals surface area contributed by atoms with Crippen LogP contribution in [0.25, 0.3) is 0 Å². The maximum atomic E-state index is 10.9. The minimum atomic E-state index is -5.03. The summed E-state index contributed by atoms with van der Waals surface area (Å²) in [5, 5.41) is 17.1. The quantitative estimate of drug-likeness (QED) is 0.326. The van der Waals surface area contributed by atoms with E-state index >= 15 is 0 Å². The van der Waals surface area contributed by atoms with Gasteiger partial charge in [0.2, 0.25) is 4.75 Å². The second-order valence-corrected chi connectivity index (χ2v) is 4.57. The first kappa shape index (κ1) is 18.6. The molecule has 0 amide bonds. The van der Waals surface area contributed by atoms with Crippen LogP contribution in [-0.4, -0.2) is 91.3 Å². The Balaban J connectivity index is 0. The molecule has 0 heterocycles. The fraction of sp³-hybridized carbons (Fsp3) is 0.429. The van der Waals surface area contributed by atoms with Gasteiger partial charge in [0, 0.05) is 0 Å². The average molecular weight is 278 g/mol. The number of rotatable bonds is 6. The zero-order valence-electron chi connectivity index (χ0n) is 7.58. The van der Waals surface area contributed by atoms with Gasteiger partial charge >= 0.3 is 63.3 Å². The van der Waals surface area contributed by atoms with E-state index in [1.165, 1.54) is 0 Å². The van der Waals surface area contributed by atoms with Gasteiger partial charge in [-0.25, -0.2) is 0 Å². The number of allylic oxidation sites excluding steroid dienone is 1. The molecule has 0 aliphatic heterocycles. The Morgan fingerprint density at radius 2 is 1.75 bits per heavy atom. The van der Waals surface area contributed by atoms with E-state index in [9.17, 15) is 18.0 Å². The van der Waals surface area contributed by atoms with Crippen molar-refractivity contribution in [3.05, 3.63) is 12.7 Å². The predicted molar refractivity (Wildman–Crippen MR) is 56.1 cm³/mol. The molecule has 1 atom stereocenters. The summed E-state index contributed by atoms with van der Waals surface area (Å²) in [6, 6.07) is 0. The predicted octanol–water partition coefficient (Wildman–Crippen LogP) is -0.900. The summed E-state index contributed by atoms with van der Waals surface area (Å²) in [6.45, 7) is 3.12. The van der Waals surface area contributed by atoms with Gasteiger partial charge < -0.3 is 10.2 Å². The topological polar surface area (TPSA) is 129 Å². The van der Waals surface area contributed by atoms with Crippen molar-refractivity contribution in [2.75, 3.05) is 0 Å². The molecule has 3 N–H and O–H groups in total. The fourth-order valence-corrected chi connectivity index (χ4v) is 1.87. The van der Waals surface area contributed by atoms with Crippen LogP contribution >= 0.6 is 0 Å². The van der Waals surface area contributed by atoms with E-state index in [4.69, 9.17) is 14.8 Å². The number of hydrogen-bond donors (Lipinski definition) is 3. The molecule has 0 rings (SSSR count). The molecule has 0 bridgehead atoms. The first-order chi connectivity index (χ1) is 6.67. The summed E-state index contributed by atoms with van der Waals surface area (Å²) >= 11 is 0. The first-order valence-electron chi connectivity index (χ1n) is 3.70. The number of carbonyl (C=O) groups is 2. The van der Waals surface area contributed by atoms with Crippen LogP contribution in [-0.2, 0) is 19.7 Å². The Kier molecular flexibility index (Phi) is 7.95. The van der Waals surface area contributed by atoms with Gasteiger partial charge in [-0.05, 0) is 6.42 Å². The van der Waals surface area contributed by atoms with E-state index in [2.05, 4.69) is 6.58 Å². The van der Waals surface area contributed by atoms with E-state index in [1.54, 1.807) is 0 Å². The zero-order chi connectivity index (χ0) is 12.3. The van der Waals surface area contributed by atoms with Gasteiger partial charge in [-0.3, -0.25) is 14.1 Å². The van der Waals surface area contributed by atoms with E-state index in [0.717, 1.165) is 6.08 Å².